The van der Waals surface area contributed by atoms with Gasteiger partial charge >= 0.3 is 11.9 Å². The summed E-state index contributed by atoms with van der Waals surface area (Å²) >= 11 is 0. The number of hydrogen-bond donors (Lipinski definition) is 0. The SMILES string of the molecule is CCCCCCCCCCCCCCCCCOC(=O)c1cccc(C(=O)OCC(C)CC(C)(C)C)n1. The molecule has 0 aliphatic carbocycles. The maximum atomic E-state index is 12.4. The first-order chi connectivity index (χ1) is 17.7. The van der Waals surface area contributed by atoms with Crippen LogP contribution in [0, 0.1) is 11.3 Å². The van der Waals surface area contributed by atoms with E-state index in [4.69, 9.17) is 9.47 Å². The molecule has 0 fully saturated rings. The Labute approximate surface area is 227 Å². The molecule has 0 bridgehead atoms. The molecule has 0 aliphatic rings. The smallest absolute Gasteiger partial charge is 0.356 e. The number of ether oxygens (including phenoxy) is 2. The number of nitrogens with zero attached hydrogens (tertiary/aromatic N) is 1. The molecule has 1 aromatic heterocycles. The number of hydrogen-bond acceptors (Lipinski definition) is 5. The number of carbonyl (C=O) groups excluding carboxylic acids is 2. The molecule has 1 rings (SSSR count). The van der Waals surface area contributed by atoms with Crippen molar-refractivity contribution in [3.8, 4) is 0 Å². The maximum absolute atomic E-state index is 12.4. The van der Waals surface area contributed by atoms with E-state index in [-0.39, 0.29) is 22.7 Å². The van der Waals surface area contributed by atoms with E-state index in [0.717, 1.165) is 19.3 Å². The van der Waals surface area contributed by atoms with Gasteiger partial charge in [0.2, 0.25) is 0 Å². The molecule has 1 atom stereocenters. The van der Waals surface area contributed by atoms with Gasteiger partial charge in [-0.25, -0.2) is 14.6 Å². The summed E-state index contributed by atoms with van der Waals surface area (Å²) in [5, 5.41) is 0. The molecule has 0 N–H and O–H groups in total. The zero-order valence-corrected chi connectivity index (χ0v) is 24.6. The van der Waals surface area contributed by atoms with Gasteiger partial charge in [-0.1, -0.05) is 131 Å². The molecule has 5 heteroatoms. The fraction of sp³-hybridized carbons (Fsp3) is 0.781. The van der Waals surface area contributed by atoms with Crippen LogP contribution in [0.25, 0.3) is 0 Å². The van der Waals surface area contributed by atoms with E-state index >= 15 is 0 Å². The highest BCUT2D eigenvalue weighted by atomic mass is 16.5. The summed E-state index contributed by atoms with van der Waals surface area (Å²) < 4.78 is 10.8. The molecular weight excluding hydrogens is 462 g/mol. The highest BCUT2D eigenvalue weighted by molar-refractivity contribution is 5.91. The van der Waals surface area contributed by atoms with Gasteiger partial charge in [0.1, 0.15) is 11.4 Å². The van der Waals surface area contributed by atoms with Crippen LogP contribution in [0.15, 0.2) is 18.2 Å². The zero-order valence-electron chi connectivity index (χ0n) is 24.6. The summed E-state index contributed by atoms with van der Waals surface area (Å²) in [6, 6.07) is 4.79. The van der Waals surface area contributed by atoms with Gasteiger partial charge in [0, 0.05) is 0 Å². The van der Waals surface area contributed by atoms with E-state index in [1.54, 1.807) is 18.2 Å². The van der Waals surface area contributed by atoms with Gasteiger partial charge in [-0.2, -0.15) is 0 Å². The molecule has 0 saturated carbocycles. The van der Waals surface area contributed by atoms with Crippen molar-refractivity contribution in [1.29, 1.82) is 0 Å². The molecule has 1 heterocycles. The Morgan fingerprint density at radius 3 is 1.62 bits per heavy atom. The van der Waals surface area contributed by atoms with Gasteiger partial charge in [0.25, 0.3) is 0 Å². The molecule has 0 spiro atoms. The van der Waals surface area contributed by atoms with Gasteiger partial charge in [0.15, 0.2) is 0 Å². The van der Waals surface area contributed by atoms with E-state index in [9.17, 15) is 9.59 Å². The first kappa shape index (κ1) is 33.1. The average molecular weight is 518 g/mol. The predicted molar refractivity (Wildman–Crippen MR) is 153 cm³/mol. The Morgan fingerprint density at radius 2 is 1.16 bits per heavy atom. The summed E-state index contributed by atoms with van der Waals surface area (Å²) in [6.07, 6.45) is 20.5. The lowest BCUT2D eigenvalue weighted by Gasteiger charge is -2.22. The van der Waals surface area contributed by atoms with E-state index in [0.29, 0.717) is 13.2 Å². The van der Waals surface area contributed by atoms with Gasteiger partial charge in [-0.3, -0.25) is 0 Å². The zero-order chi connectivity index (χ0) is 27.4. The van der Waals surface area contributed by atoms with Gasteiger partial charge < -0.3 is 9.47 Å². The standard InChI is InChI=1S/C32H55NO4/c1-6-7-8-9-10-11-12-13-14-15-16-17-18-19-20-24-36-30(34)28-22-21-23-29(33-28)31(35)37-26-27(2)25-32(3,4)5/h21-23,27H,6-20,24-26H2,1-5H3. The minimum Gasteiger partial charge on any atom is -0.461 e. The van der Waals surface area contributed by atoms with E-state index in [1.807, 2.05) is 0 Å². The van der Waals surface area contributed by atoms with Crippen LogP contribution >= 0.6 is 0 Å². The Morgan fingerprint density at radius 1 is 0.730 bits per heavy atom. The normalized spacial score (nSPS) is 12.4. The number of pyridine rings is 1. The molecule has 0 saturated heterocycles. The van der Waals surface area contributed by atoms with Crippen LogP contribution in [0.2, 0.25) is 0 Å². The second kappa shape index (κ2) is 20.1. The molecular formula is C32H55NO4. The van der Waals surface area contributed by atoms with Crippen molar-refractivity contribution in [2.45, 2.75) is 137 Å². The van der Waals surface area contributed by atoms with Crippen molar-refractivity contribution in [2.75, 3.05) is 13.2 Å². The Balaban J connectivity index is 2.10. The first-order valence-electron chi connectivity index (χ1n) is 15.0. The van der Waals surface area contributed by atoms with Gasteiger partial charge in [-0.15, -0.1) is 0 Å². The molecule has 1 aromatic rings. The molecule has 1 unspecified atom stereocenters. The minimum atomic E-state index is -0.502. The van der Waals surface area contributed by atoms with Crippen LogP contribution in [-0.2, 0) is 9.47 Å². The molecule has 212 valence electrons. The largest absolute Gasteiger partial charge is 0.461 e. The first-order valence-corrected chi connectivity index (χ1v) is 15.0. The van der Waals surface area contributed by atoms with Crippen LogP contribution in [-0.4, -0.2) is 30.1 Å². The fourth-order valence-corrected chi connectivity index (χ4v) is 4.77. The summed E-state index contributed by atoms with van der Waals surface area (Å²) in [5.74, 6) is -0.731. The third-order valence-corrected chi connectivity index (χ3v) is 6.61. The van der Waals surface area contributed by atoms with Crippen LogP contribution < -0.4 is 0 Å². The van der Waals surface area contributed by atoms with E-state index < -0.39 is 11.9 Å². The number of aromatic nitrogens is 1. The van der Waals surface area contributed by atoms with Crippen molar-refractivity contribution in [1.82, 2.24) is 4.98 Å². The third-order valence-electron chi connectivity index (χ3n) is 6.61. The molecule has 0 aliphatic heterocycles. The predicted octanol–water partition coefficient (Wildman–Crippen LogP) is 9.34. The van der Waals surface area contributed by atoms with Crippen molar-refractivity contribution >= 4 is 11.9 Å². The quantitative estimate of drug-likeness (QED) is 0.120. The molecule has 5 nitrogen and oxygen atoms in total. The van der Waals surface area contributed by atoms with Crippen molar-refractivity contribution in [3.63, 3.8) is 0 Å². The van der Waals surface area contributed by atoms with E-state index in [1.165, 1.54) is 83.5 Å². The van der Waals surface area contributed by atoms with E-state index in [2.05, 4.69) is 39.6 Å². The van der Waals surface area contributed by atoms with Crippen LogP contribution in [0.4, 0.5) is 0 Å². The maximum Gasteiger partial charge on any atom is 0.356 e. The Hall–Kier alpha value is -1.91. The number of esters is 2. The summed E-state index contributed by atoms with van der Waals surface area (Å²) in [7, 11) is 0. The Kier molecular flexibility index (Phi) is 18.0. The summed E-state index contributed by atoms with van der Waals surface area (Å²) in [6.45, 7) is 11.6. The summed E-state index contributed by atoms with van der Waals surface area (Å²) in [5.41, 5.74) is 0.475. The van der Waals surface area contributed by atoms with Crippen LogP contribution in [0.5, 0.6) is 0 Å². The molecule has 0 amide bonds. The van der Waals surface area contributed by atoms with Gasteiger partial charge in [-0.05, 0) is 36.3 Å². The second-order valence-corrected chi connectivity index (χ2v) is 12.0. The van der Waals surface area contributed by atoms with Crippen molar-refractivity contribution in [2.24, 2.45) is 11.3 Å². The monoisotopic (exact) mass is 517 g/mol. The van der Waals surface area contributed by atoms with Crippen LogP contribution in [0.1, 0.15) is 158 Å². The van der Waals surface area contributed by atoms with Crippen molar-refractivity contribution < 1.29 is 19.1 Å². The lowest BCUT2D eigenvalue weighted by Crippen LogP contribution is -2.19. The topological polar surface area (TPSA) is 65.5 Å². The third kappa shape index (κ3) is 18.1. The van der Waals surface area contributed by atoms with Gasteiger partial charge in [0.05, 0.1) is 13.2 Å². The number of carbonyl (C=O) groups is 2. The molecule has 0 aromatic carbocycles. The van der Waals surface area contributed by atoms with Crippen molar-refractivity contribution in [3.05, 3.63) is 29.6 Å². The lowest BCUT2D eigenvalue weighted by molar-refractivity contribution is 0.0412. The second-order valence-electron chi connectivity index (χ2n) is 12.0. The number of rotatable bonds is 21. The van der Waals surface area contributed by atoms with Crippen LogP contribution in [0.3, 0.4) is 0 Å². The molecule has 0 radical (unpaired) electrons. The fourth-order valence-electron chi connectivity index (χ4n) is 4.77. The number of unbranched alkanes of at least 4 members (excludes halogenated alkanes) is 14. The Bertz CT molecular complexity index is 741. The average Bonchev–Trinajstić information content (AvgIpc) is 2.86. The summed E-state index contributed by atoms with van der Waals surface area (Å²) in [4.78, 5) is 28.9. The molecule has 37 heavy (non-hydrogen) atoms. The highest BCUT2D eigenvalue weighted by Gasteiger charge is 2.19. The highest BCUT2D eigenvalue weighted by Crippen LogP contribution is 2.24. The lowest BCUT2D eigenvalue weighted by atomic mass is 9.86. The minimum absolute atomic E-state index is 0.143.